The Morgan fingerprint density at radius 3 is 2.85 bits per heavy atom. The number of nitrogens with zero attached hydrogens (tertiary/aromatic N) is 1. The van der Waals surface area contributed by atoms with Crippen LogP contribution < -0.4 is 10.6 Å². The molecule has 0 radical (unpaired) electrons. The number of anilines is 1. The first-order chi connectivity index (χ1) is 9.72. The highest BCUT2D eigenvalue weighted by Gasteiger charge is 2.21. The van der Waals surface area contributed by atoms with Crippen molar-refractivity contribution in [2.45, 2.75) is 12.8 Å². The number of halogens is 1. The van der Waals surface area contributed by atoms with Gasteiger partial charge >= 0.3 is 0 Å². The zero-order chi connectivity index (χ0) is 13.9. The van der Waals surface area contributed by atoms with E-state index >= 15 is 0 Å². The van der Waals surface area contributed by atoms with Crippen molar-refractivity contribution in [3.63, 3.8) is 0 Å². The maximum Gasteiger partial charge on any atom is 0.228 e. The minimum Gasteiger partial charge on any atom is -0.317 e. The van der Waals surface area contributed by atoms with Gasteiger partial charge in [0, 0.05) is 22.0 Å². The fourth-order valence-corrected chi connectivity index (χ4v) is 2.87. The smallest absolute Gasteiger partial charge is 0.228 e. The first-order valence-corrected chi connectivity index (χ1v) is 7.58. The second kappa shape index (κ2) is 5.89. The lowest BCUT2D eigenvalue weighted by Crippen LogP contribution is -2.34. The first kappa shape index (κ1) is 13.5. The summed E-state index contributed by atoms with van der Waals surface area (Å²) in [6, 6.07) is 7.93. The van der Waals surface area contributed by atoms with Crippen molar-refractivity contribution >= 4 is 38.4 Å². The van der Waals surface area contributed by atoms with Crippen LogP contribution in [0.4, 0.5) is 5.82 Å². The molecule has 1 aromatic heterocycles. The number of amides is 1. The molecule has 0 atom stereocenters. The molecule has 3 rings (SSSR count). The van der Waals surface area contributed by atoms with Gasteiger partial charge in [0.25, 0.3) is 0 Å². The third-order valence-electron chi connectivity index (χ3n) is 3.64. The van der Waals surface area contributed by atoms with Gasteiger partial charge in [-0.2, -0.15) is 0 Å². The van der Waals surface area contributed by atoms with Crippen LogP contribution in [0.1, 0.15) is 12.8 Å². The topological polar surface area (TPSA) is 54.0 Å². The van der Waals surface area contributed by atoms with E-state index in [-0.39, 0.29) is 11.8 Å². The molecule has 1 saturated heterocycles. The lowest BCUT2D eigenvalue weighted by Gasteiger charge is -2.21. The minimum absolute atomic E-state index is 0.0772. The predicted molar refractivity (Wildman–Crippen MR) is 83.7 cm³/mol. The lowest BCUT2D eigenvalue weighted by molar-refractivity contribution is -0.120. The average molecular weight is 334 g/mol. The summed E-state index contributed by atoms with van der Waals surface area (Å²) in [5.41, 5.74) is 0. The summed E-state index contributed by atoms with van der Waals surface area (Å²) in [6.45, 7) is 1.83. The van der Waals surface area contributed by atoms with E-state index in [9.17, 15) is 4.79 Å². The van der Waals surface area contributed by atoms with Gasteiger partial charge in [-0.1, -0.05) is 22.0 Å². The van der Waals surface area contributed by atoms with Crippen molar-refractivity contribution in [1.29, 1.82) is 0 Å². The molecule has 1 aliphatic heterocycles. The van der Waals surface area contributed by atoms with Crippen LogP contribution in [0.3, 0.4) is 0 Å². The van der Waals surface area contributed by atoms with Crippen molar-refractivity contribution < 1.29 is 4.79 Å². The van der Waals surface area contributed by atoms with Crippen LogP contribution in [0.25, 0.3) is 10.8 Å². The summed E-state index contributed by atoms with van der Waals surface area (Å²) in [5, 5.41) is 8.32. The zero-order valence-electron chi connectivity index (χ0n) is 11.0. The number of aromatic nitrogens is 1. The van der Waals surface area contributed by atoms with E-state index in [4.69, 9.17) is 0 Å². The quantitative estimate of drug-likeness (QED) is 0.888. The molecule has 5 heteroatoms. The van der Waals surface area contributed by atoms with Gasteiger partial charge in [-0.3, -0.25) is 4.79 Å². The van der Waals surface area contributed by atoms with Crippen LogP contribution in [0.15, 0.2) is 34.9 Å². The number of fused-ring (bicyclic) bond motifs is 1. The average Bonchev–Trinajstić information content (AvgIpc) is 2.47. The van der Waals surface area contributed by atoms with Crippen molar-refractivity contribution in [2.24, 2.45) is 5.92 Å². The Bertz CT molecular complexity index is 638. The number of pyridine rings is 1. The Kier molecular flexibility index (Phi) is 3.98. The molecular formula is C15H16BrN3O. The maximum atomic E-state index is 12.2. The highest BCUT2D eigenvalue weighted by Crippen LogP contribution is 2.22. The van der Waals surface area contributed by atoms with Crippen molar-refractivity contribution in [3.8, 4) is 0 Å². The van der Waals surface area contributed by atoms with Gasteiger partial charge in [0.05, 0.1) is 0 Å². The van der Waals surface area contributed by atoms with Gasteiger partial charge in [0.15, 0.2) is 0 Å². The molecule has 0 unspecified atom stereocenters. The van der Waals surface area contributed by atoms with Gasteiger partial charge in [0.1, 0.15) is 5.82 Å². The molecule has 2 heterocycles. The van der Waals surface area contributed by atoms with Crippen molar-refractivity contribution in [1.82, 2.24) is 10.3 Å². The van der Waals surface area contributed by atoms with E-state index < -0.39 is 0 Å². The summed E-state index contributed by atoms with van der Waals surface area (Å²) in [7, 11) is 0. The number of hydrogen-bond donors (Lipinski definition) is 2. The third-order valence-corrected chi connectivity index (χ3v) is 4.14. The number of benzene rings is 1. The molecule has 4 nitrogen and oxygen atoms in total. The molecule has 1 aromatic carbocycles. The minimum atomic E-state index is 0.0772. The van der Waals surface area contributed by atoms with Crippen molar-refractivity contribution in [2.75, 3.05) is 18.4 Å². The molecule has 0 bridgehead atoms. The van der Waals surface area contributed by atoms with Gasteiger partial charge in [-0.15, -0.1) is 0 Å². The predicted octanol–water partition coefficient (Wildman–Crippen LogP) is 2.94. The monoisotopic (exact) mass is 333 g/mol. The zero-order valence-corrected chi connectivity index (χ0v) is 12.6. The van der Waals surface area contributed by atoms with E-state index in [1.54, 1.807) is 6.20 Å². The van der Waals surface area contributed by atoms with Crippen LogP contribution in [0.5, 0.6) is 0 Å². The second-order valence-electron chi connectivity index (χ2n) is 5.07. The molecule has 104 valence electrons. The number of nitrogens with one attached hydrogen (secondary N) is 2. The molecule has 2 aromatic rings. The normalized spacial score (nSPS) is 16.2. The summed E-state index contributed by atoms with van der Waals surface area (Å²) in [4.78, 5) is 16.5. The van der Waals surface area contributed by atoms with Crippen LogP contribution in [0.2, 0.25) is 0 Å². The summed E-state index contributed by atoms with van der Waals surface area (Å²) in [6.07, 6.45) is 3.58. The first-order valence-electron chi connectivity index (χ1n) is 6.79. The lowest BCUT2D eigenvalue weighted by atomic mass is 9.97. The highest BCUT2D eigenvalue weighted by atomic mass is 79.9. The summed E-state index contributed by atoms with van der Waals surface area (Å²) in [5.74, 6) is 0.795. The second-order valence-corrected chi connectivity index (χ2v) is 5.99. The molecule has 0 aliphatic carbocycles. The molecule has 20 heavy (non-hydrogen) atoms. The molecule has 1 fully saturated rings. The van der Waals surface area contributed by atoms with Gasteiger partial charge in [-0.05, 0) is 49.5 Å². The van der Waals surface area contributed by atoms with Crippen LogP contribution in [-0.4, -0.2) is 24.0 Å². The number of piperidine rings is 1. The fourth-order valence-electron chi connectivity index (χ4n) is 2.49. The van der Waals surface area contributed by atoms with Crippen LogP contribution >= 0.6 is 15.9 Å². The molecular weight excluding hydrogens is 318 g/mol. The molecule has 0 spiro atoms. The SMILES string of the molecule is O=C(Nc1cc2cc(Br)ccc2cn1)C1CCNCC1. The van der Waals surface area contributed by atoms with Gasteiger partial charge in [-0.25, -0.2) is 4.98 Å². The van der Waals surface area contributed by atoms with Crippen molar-refractivity contribution in [3.05, 3.63) is 34.9 Å². The number of rotatable bonds is 2. The molecule has 1 amide bonds. The van der Waals surface area contributed by atoms with Crippen LogP contribution in [0, 0.1) is 5.92 Å². The van der Waals surface area contributed by atoms with Crippen LogP contribution in [-0.2, 0) is 4.79 Å². The maximum absolute atomic E-state index is 12.2. The molecule has 0 saturated carbocycles. The number of hydrogen-bond acceptors (Lipinski definition) is 3. The van der Waals surface area contributed by atoms with E-state index in [0.717, 1.165) is 41.2 Å². The fraction of sp³-hybridized carbons (Fsp3) is 0.333. The largest absolute Gasteiger partial charge is 0.317 e. The highest BCUT2D eigenvalue weighted by molar-refractivity contribution is 9.10. The number of carbonyl (C=O) groups is 1. The summed E-state index contributed by atoms with van der Waals surface area (Å²) >= 11 is 3.46. The Morgan fingerprint density at radius 2 is 2.05 bits per heavy atom. The molecule has 2 N–H and O–H groups in total. The Hall–Kier alpha value is -1.46. The Labute approximate surface area is 126 Å². The molecule has 1 aliphatic rings. The number of carbonyl (C=O) groups excluding carboxylic acids is 1. The third kappa shape index (κ3) is 2.99. The van der Waals surface area contributed by atoms with E-state index in [1.165, 1.54) is 0 Å². The van der Waals surface area contributed by atoms with E-state index in [1.807, 2.05) is 24.3 Å². The Morgan fingerprint density at radius 1 is 1.25 bits per heavy atom. The standard InChI is InChI=1S/C15H16BrN3O/c16-13-2-1-11-9-18-14(8-12(11)7-13)19-15(20)10-3-5-17-6-4-10/h1-2,7-10,17H,3-6H2,(H,18,19,20). The summed E-state index contributed by atoms with van der Waals surface area (Å²) < 4.78 is 1.02. The van der Waals surface area contributed by atoms with E-state index in [2.05, 4.69) is 31.5 Å². The van der Waals surface area contributed by atoms with Gasteiger partial charge in [0.2, 0.25) is 5.91 Å². The Balaban J connectivity index is 1.78. The van der Waals surface area contributed by atoms with Gasteiger partial charge < -0.3 is 10.6 Å². The van der Waals surface area contributed by atoms with E-state index in [0.29, 0.717) is 5.82 Å².